The Balaban J connectivity index is 2.41. The molecule has 1 rings (SSSR count). The van der Waals surface area contributed by atoms with E-state index in [-0.39, 0.29) is 0 Å². The Bertz CT molecular complexity index is 93.4. The lowest BCUT2D eigenvalue weighted by molar-refractivity contribution is 0.251. The van der Waals surface area contributed by atoms with Gasteiger partial charge in [-0.05, 0) is 19.4 Å². The van der Waals surface area contributed by atoms with E-state index >= 15 is 0 Å². The molecule has 0 radical (unpaired) electrons. The number of hydrogen-bond acceptors (Lipinski definition) is 1. The van der Waals surface area contributed by atoms with E-state index in [4.69, 9.17) is 0 Å². The van der Waals surface area contributed by atoms with Crippen LogP contribution in [-0.4, -0.2) is 30.2 Å². The molecule has 0 bridgehead atoms. The zero-order valence-corrected chi connectivity index (χ0v) is 6.81. The predicted molar refractivity (Wildman–Crippen MR) is 40.8 cm³/mol. The van der Waals surface area contributed by atoms with E-state index in [1.54, 1.807) is 0 Å². The van der Waals surface area contributed by atoms with Crippen LogP contribution in [-0.2, 0) is 0 Å². The molecule has 0 aromatic carbocycles. The molecule has 1 nitrogen and oxygen atoms in total. The molecule has 1 unspecified atom stereocenters. The first-order chi connectivity index (χ1) is 4.77. The highest BCUT2D eigenvalue weighted by Gasteiger charge is 2.28. The molecular weight excluding hydrogens is 129 g/mol. The molecule has 1 fully saturated rings. The predicted octanol–water partition coefficient (Wildman–Crippen LogP) is 1.83. The quantitative estimate of drug-likeness (QED) is 0.573. The fourth-order valence-corrected chi connectivity index (χ4v) is 1.73. The molecule has 60 valence electrons. The van der Waals surface area contributed by atoms with Gasteiger partial charge >= 0.3 is 0 Å². The third-order valence-corrected chi connectivity index (χ3v) is 2.35. The van der Waals surface area contributed by atoms with Gasteiger partial charge in [0.25, 0.3) is 0 Å². The maximum atomic E-state index is 12.8. The number of halogens is 1. The molecular formula is C8H16FN. The van der Waals surface area contributed by atoms with Crippen LogP contribution in [0.1, 0.15) is 26.7 Å². The first kappa shape index (κ1) is 7.99. The average molecular weight is 145 g/mol. The van der Waals surface area contributed by atoms with E-state index in [0.29, 0.717) is 12.6 Å². The molecule has 0 aliphatic carbocycles. The van der Waals surface area contributed by atoms with Gasteiger partial charge in [0, 0.05) is 12.6 Å². The Morgan fingerprint density at radius 1 is 1.50 bits per heavy atom. The Labute approximate surface area is 62.2 Å². The molecule has 2 heteroatoms. The maximum absolute atomic E-state index is 12.8. The summed E-state index contributed by atoms with van der Waals surface area (Å²) in [5.41, 5.74) is 0. The molecule has 0 spiro atoms. The van der Waals surface area contributed by atoms with Crippen LogP contribution in [0.25, 0.3) is 0 Å². The minimum atomic E-state index is -0.565. The molecule has 1 aliphatic heterocycles. The second kappa shape index (κ2) is 3.33. The summed E-state index contributed by atoms with van der Waals surface area (Å²) in [6.45, 7) is 5.89. The highest BCUT2D eigenvalue weighted by molar-refractivity contribution is 4.83. The van der Waals surface area contributed by atoms with E-state index in [2.05, 4.69) is 18.7 Å². The third kappa shape index (κ3) is 1.48. The van der Waals surface area contributed by atoms with Gasteiger partial charge in [0.2, 0.25) is 0 Å². The number of alkyl halides is 1. The number of likely N-dealkylation sites (tertiary alicyclic amines) is 1. The summed E-state index contributed by atoms with van der Waals surface area (Å²) in [7, 11) is 0. The van der Waals surface area contributed by atoms with Crippen LogP contribution in [0.15, 0.2) is 0 Å². The van der Waals surface area contributed by atoms with Gasteiger partial charge < -0.3 is 0 Å². The largest absolute Gasteiger partial charge is 0.298 e. The minimum absolute atomic E-state index is 0.514. The fourth-order valence-electron chi connectivity index (χ4n) is 1.73. The van der Waals surface area contributed by atoms with Crippen molar-refractivity contribution >= 4 is 0 Å². The van der Waals surface area contributed by atoms with Gasteiger partial charge in [-0.3, -0.25) is 4.90 Å². The highest BCUT2D eigenvalue weighted by atomic mass is 19.1. The molecule has 0 aromatic rings. The summed E-state index contributed by atoms with van der Waals surface area (Å²) in [4.78, 5) is 2.23. The van der Waals surface area contributed by atoms with E-state index < -0.39 is 6.17 Å². The minimum Gasteiger partial charge on any atom is -0.298 e. The molecule has 0 amide bonds. The van der Waals surface area contributed by atoms with Gasteiger partial charge in [-0.15, -0.1) is 0 Å². The smallest absolute Gasteiger partial charge is 0.114 e. The van der Waals surface area contributed by atoms with Gasteiger partial charge in [0.05, 0.1) is 0 Å². The number of nitrogens with zero attached hydrogens (tertiary/aromatic N) is 1. The molecule has 2 atom stereocenters. The van der Waals surface area contributed by atoms with E-state index in [9.17, 15) is 4.39 Å². The van der Waals surface area contributed by atoms with Gasteiger partial charge in [-0.25, -0.2) is 4.39 Å². The van der Waals surface area contributed by atoms with Crippen LogP contribution in [0.4, 0.5) is 4.39 Å². The third-order valence-electron chi connectivity index (χ3n) is 2.35. The zero-order valence-electron chi connectivity index (χ0n) is 6.81. The van der Waals surface area contributed by atoms with E-state index in [1.165, 1.54) is 0 Å². The molecule has 1 heterocycles. The molecule has 1 aliphatic rings. The lowest BCUT2D eigenvalue weighted by Crippen LogP contribution is -2.28. The van der Waals surface area contributed by atoms with Crippen molar-refractivity contribution in [1.29, 1.82) is 0 Å². The highest BCUT2D eigenvalue weighted by Crippen LogP contribution is 2.21. The van der Waals surface area contributed by atoms with Crippen LogP contribution in [0.2, 0.25) is 0 Å². The van der Waals surface area contributed by atoms with Crippen LogP contribution in [0.3, 0.4) is 0 Å². The maximum Gasteiger partial charge on any atom is 0.114 e. The molecule has 10 heavy (non-hydrogen) atoms. The average Bonchev–Trinajstić information content (AvgIpc) is 2.30. The summed E-state index contributed by atoms with van der Waals surface area (Å²) >= 11 is 0. The summed E-state index contributed by atoms with van der Waals surface area (Å²) in [5, 5.41) is 0. The molecule has 0 aromatic heterocycles. The monoisotopic (exact) mass is 145 g/mol. The van der Waals surface area contributed by atoms with E-state index in [0.717, 1.165) is 19.4 Å². The summed E-state index contributed by atoms with van der Waals surface area (Å²) in [6, 6.07) is 0.514. The Morgan fingerprint density at radius 2 is 2.20 bits per heavy atom. The van der Waals surface area contributed by atoms with Crippen molar-refractivity contribution in [1.82, 2.24) is 4.90 Å². The van der Waals surface area contributed by atoms with Crippen molar-refractivity contribution in [2.75, 3.05) is 13.1 Å². The number of rotatable bonds is 2. The van der Waals surface area contributed by atoms with Gasteiger partial charge in [0.1, 0.15) is 6.17 Å². The van der Waals surface area contributed by atoms with Crippen molar-refractivity contribution in [3.63, 3.8) is 0 Å². The first-order valence-electron chi connectivity index (χ1n) is 4.16. The Kier molecular flexibility index (Phi) is 2.66. The Hall–Kier alpha value is -0.110. The van der Waals surface area contributed by atoms with Crippen LogP contribution in [0.5, 0.6) is 0 Å². The second-order valence-electron chi connectivity index (χ2n) is 2.98. The zero-order chi connectivity index (χ0) is 7.56. The molecule has 0 saturated carbocycles. The summed E-state index contributed by atoms with van der Waals surface area (Å²) < 4.78 is 12.8. The summed E-state index contributed by atoms with van der Waals surface area (Å²) in [6.07, 6.45) is 1.28. The van der Waals surface area contributed by atoms with Gasteiger partial charge in [-0.1, -0.05) is 13.8 Å². The first-order valence-corrected chi connectivity index (χ1v) is 4.16. The lowest BCUT2D eigenvalue weighted by atomic mass is 10.1. The van der Waals surface area contributed by atoms with Crippen molar-refractivity contribution in [3.05, 3.63) is 0 Å². The fraction of sp³-hybridized carbons (Fsp3) is 1.00. The van der Waals surface area contributed by atoms with Crippen molar-refractivity contribution in [3.8, 4) is 0 Å². The van der Waals surface area contributed by atoms with Crippen LogP contribution in [0, 0.1) is 0 Å². The van der Waals surface area contributed by atoms with Crippen molar-refractivity contribution in [2.45, 2.75) is 38.9 Å². The normalized spacial score (nSPS) is 35.1. The Morgan fingerprint density at radius 3 is 2.60 bits per heavy atom. The van der Waals surface area contributed by atoms with Crippen LogP contribution >= 0.6 is 0 Å². The number of hydrogen-bond donors (Lipinski definition) is 0. The lowest BCUT2D eigenvalue weighted by Gasteiger charge is -2.19. The van der Waals surface area contributed by atoms with Crippen LogP contribution < -0.4 is 0 Å². The van der Waals surface area contributed by atoms with Crippen molar-refractivity contribution < 1.29 is 4.39 Å². The molecule has 1 saturated heterocycles. The SMILES string of the molecule is CCC1C[C@@H](F)CN1CC. The van der Waals surface area contributed by atoms with E-state index in [1.807, 2.05) is 0 Å². The second-order valence-corrected chi connectivity index (χ2v) is 2.98. The van der Waals surface area contributed by atoms with Gasteiger partial charge in [-0.2, -0.15) is 0 Å². The molecule has 0 N–H and O–H groups in total. The van der Waals surface area contributed by atoms with Gasteiger partial charge in [0.15, 0.2) is 0 Å². The summed E-state index contributed by atoms with van der Waals surface area (Å²) in [5.74, 6) is 0. The van der Waals surface area contributed by atoms with Crippen molar-refractivity contribution in [2.24, 2.45) is 0 Å². The standard InChI is InChI=1S/C8H16FN/c1-3-8-5-7(9)6-10(8)4-2/h7-8H,3-6H2,1-2H3/t7-,8?/m1/s1. The topological polar surface area (TPSA) is 3.24 Å².